The highest BCUT2D eigenvalue weighted by atomic mass is 19.1. The van der Waals surface area contributed by atoms with Crippen molar-refractivity contribution in [1.82, 2.24) is 4.90 Å². The van der Waals surface area contributed by atoms with E-state index in [2.05, 4.69) is 0 Å². The fourth-order valence-corrected chi connectivity index (χ4v) is 2.66. The molecule has 5 heteroatoms. The van der Waals surface area contributed by atoms with Gasteiger partial charge in [-0.15, -0.1) is 0 Å². The minimum atomic E-state index is -0.408. The zero-order chi connectivity index (χ0) is 18.2. The fraction of sp³-hybridized carbons (Fsp3) is 0.300. The van der Waals surface area contributed by atoms with Crippen LogP contribution in [0, 0.1) is 5.82 Å². The molecule has 0 bridgehead atoms. The molecule has 0 saturated heterocycles. The summed E-state index contributed by atoms with van der Waals surface area (Å²) < 4.78 is 13.4. The van der Waals surface area contributed by atoms with Gasteiger partial charge >= 0.3 is 0 Å². The first kappa shape index (κ1) is 18.6. The van der Waals surface area contributed by atoms with E-state index in [-0.39, 0.29) is 24.8 Å². The number of amides is 2. The van der Waals surface area contributed by atoms with Gasteiger partial charge in [0.15, 0.2) is 0 Å². The molecule has 4 nitrogen and oxygen atoms in total. The lowest BCUT2D eigenvalue weighted by atomic mass is 10.2. The summed E-state index contributed by atoms with van der Waals surface area (Å²) in [5.74, 6) is -0.659. The summed E-state index contributed by atoms with van der Waals surface area (Å²) in [4.78, 5) is 27.6. The van der Waals surface area contributed by atoms with Crippen molar-refractivity contribution in [2.75, 3.05) is 18.0 Å². The minimum absolute atomic E-state index is 0.0333. The highest BCUT2D eigenvalue weighted by molar-refractivity contribution is 5.92. The number of hydrogen-bond acceptors (Lipinski definition) is 2. The van der Waals surface area contributed by atoms with Gasteiger partial charge in [-0.2, -0.15) is 0 Å². The van der Waals surface area contributed by atoms with Crippen molar-refractivity contribution in [3.63, 3.8) is 0 Å². The first-order valence-electron chi connectivity index (χ1n) is 8.36. The van der Waals surface area contributed by atoms with Crippen LogP contribution in [-0.2, 0) is 16.1 Å². The summed E-state index contributed by atoms with van der Waals surface area (Å²) in [6, 6.07) is 15.6. The van der Waals surface area contributed by atoms with E-state index >= 15 is 0 Å². The van der Waals surface area contributed by atoms with Crippen LogP contribution >= 0.6 is 0 Å². The van der Waals surface area contributed by atoms with Crippen LogP contribution in [0.5, 0.6) is 0 Å². The molecular weight excluding hydrogens is 319 g/mol. The topological polar surface area (TPSA) is 40.6 Å². The molecule has 0 N–H and O–H groups in total. The van der Waals surface area contributed by atoms with Crippen LogP contribution in [0.15, 0.2) is 54.6 Å². The monoisotopic (exact) mass is 342 g/mol. The molecule has 0 atom stereocenters. The van der Waals surface area contributed by atoms with Crippen LogP contribution in [0.25, 0.3) is 0 Å². The Hall–Kier alpha value is -2.69. The molecular formula is C20H23FN2O2. The first-order valence-corrected chi connectivity index (χ1v) is 8.36. The zero-order valence-corrected chi connectivity index (χ0v) is 14.6. The Balaban J connectivity index is 2.01. The molecule has 0 aliphatic rings. The zero-order valence-electron chi connectivity index (χ0n) is 14.6. The maximum absolute atomic E-state index is 13.4. The van der Waals surface area contributed by atoms with Crippen molar-refractivity contribution in [2.45, 2.75) is 26.8 Å². The molecule has 2 aromatic rings. The Bertz CT molecular complexity index is 719. The number of anilines is 1. The van der Waals surface area contributed by atoms with Crippen LogP contribution in [0.1, 0.15) is 25.8 Å². The smallest absolute Gasteiger partial charge is 0.224 e. The number of carbonyl (C=O) groups excluding carboxylic acids is 2. The highest BCUT2D eigenvalue weighted by Crippen LogP contribution is 2.17. The van der Waals surface area contributed by atoms with Crippen molar-refractivity contribution in [1.29, 1.82) is 0 Å². The van der Waals surface area contributed by atoms with E-state index < -0.39 is 5.82 Å². The fourth-order valence-electron chi connectivity index (χ4n) is 2.66. The third kappa shape index (κ3) is 5.41. The summed E-state index contributed by atoms with van der Waals surface area (Å²) in [6.07, 6.45) is 0.191. The van der Waals surface area contributed by atoms with E-state index in [4.69, 9.17) is 0 Å². The summed E-state index contributed by atoms with van der Waals surface area (Å²) in [5, 5.41) is 0. The normalized spacial score (nSPS) is 10.4. The quantitative estimate of drug-likeness (QED) is 0.771. The molecule has 132 valence electrons. The molecule has 25 heavy (non-hydrogen) atoms. The van der Waals surface area contributed by atoms with E-state index in [0.717, 1.165) is 5.56 Å². The summed E-state index contributed by atoms with van der Waals surface area (Å²) in [5.41, 5.74) is 1.53. The van der Waals surface area contributed by atoms with Gasteiger partial charge < -0.3 is 9.80 Å². The van der Waals surface area contributed by atoms with Gasteiger partial charge in [-0.05, 0) is 30.7 Å². The Labute approximate surface area is 147 Å². The molecule has 0 aromatic heterocycles. The molecule has 2 amide bonds. The summed E-state index contributed by atoms with van der Waals surface area (Å²) >= 11 is 0. The van der Waals surface area contributed by atoms with Gasteiger partial charge in [0.25, 0.3) is 0 Å². The predicted molar refractivity (Wildman–Crippen MR) is 96.6 cm³/mol. The highest BCUT2D eigenvalue weighted by Gasteiger charge is 2.17. The summed E-state index contributed by atoms with van der Waals surface area (Å²) in [6.45, 7) is 4.69. The van der Waals surface area contributed by atoms with Crippen LogP contribution in [0.4, 0.5) is 10.1 Å². The van der Waals surface area contributed by atoms with Crippen molar-refractivity contribution < 1.29 is 14.0 Å². The standard InChI is InChI=1S/C20H23FN2O2/c1-3-22(15-17-8-5-4-6-9-17)20(25)12-13-23(16(2)24)19-11-7-10-18(21)14-19/h4-11,14H,3,12-13,15H2,1-2H3. The van der Waals surface area contributed by atoms with Gasteiger partial charge in [0.1, 0.15) is 5.82 Å². The Morgan fingerprint density at radius 1 is 1.04 bits per heavy atom. The number of halogens is 1. The van der Waals surface area contributed by atoms with E-state index in [1.54, 1.807) is 17.0 Å². The number of benzene rings is 2. The Morgan fingerprint density at radius 2 is 1.76 bits per heavy atom. The van der Waals surface area contributed by atoms with Gasteiger partial charge in [-0.3, -0.25) is 9.59 Å². The molecule has 0 unspecified atom stereocenters. The van der Waals surface area contributed by atoms with Crippen LogP contribution < -0.4 is 4.90 Å². The van der Waals surface area contributed by atoms with Gasteiger partial charge in [-0.1, -0.05) is 36.4 Å². The molecule has 0 saturated carbocycles. The number of hydrogen-bond donors (Lipinski definition) is 0. The largest absolute Gasteiger partial charge is 0.339 e. The van der Waals surface area contributed by atoms with Gasteiger partial charge in [0.2, 0.25) is 11.8 Å². The van der Waals surface area contributed by atoms with E-state index in [9.17, 15) is 14.0 Å². The van der Waals surface area contributed by atoms with Crippen LogP contribution in [0.2, 0.25) is 0 Å². The number of rotatable bonds is 7. The van der Waals surface area contributed by atoms with E-state index in [1.807, 2.05) is 37.3 Å². The summed E-state index contributed by atoms with van der Waals surface area (Å²) in [7, 11) is 0. The third-order valence-electron chi connectivity index (χ3n) is 4.00. The second-order valence-corrected chi connectivity index (χ2v) is 5.79. The Kier molecular flexibility index (Phi) is 6.69. The lowest BCUT2D eigenvalue weighted by Crippen LogP contribution is -2.36. The van der Waals surface area contributed by atoms with Crippen LogP contribution in [0.3, 0.4) is 0 Å². The molecule has 0 heterocycles. The molecule has 2 aromatic carbocycles. The average Bonchev–Trinajstić information content (AvgIpc) is 2.60. The lowest BCUT2D eigenvalue weighted by molar-refractivity contribution is -0.131. The molecule has 0 spiro atoms. The number of nitrogens with zero attached hydrogens (tertiary/aromatic N) is 2. The van der Waals surface area contributed by atoms with Crippen molar-refractivity contribution >= 4 is 17.5 Å². The molecule has 0 aliphatic carbocycles. The van der Waals surface area contributed by atoms with Gasteiger partial charge in [0, 0.05) is 38.7 Å². The molecule has 2 rings (SSSR count). The van der Waals surface area contributed by atoms with Crippen molar-refractivity contribution in [3.8, 4) is 0 Å². The van der Waals surface area contributed by atoms with Crippen LogP contribution in [-0.4, -0.2) is 29.8 Å². The molecule has 0 radical (unpaired) electrons. The van der Waals surface area contributed by atoms with E-state index in [1.165, 1.54) is 24.0 Å². The second kappa shape index (κ2) is 8.97. The van der Waals surface area contributed by atoms with Gasteiger partial charge in [0.05, 0.1) is 0 Å². The SMILES string of the molecule is CCN(Cc1ccccc1)C(=O)CCN(C(C)=O)c1cccc(F)c1. The maximum Gasteiger partial charge on any atom is 0.224 e. The van der Waals surface area contributed by atoms with Crippen molar-refractivity contribution in [2.24, 2.45) is 0 Å². The first-order chi connectivity index (χ1) is 12.0. The lowest BCUT2D eigenvalue weighted by Gasteiger charge is -2.25. The van der Waals surface area contributed by atoms with Gasteiger partial charge in [-0.25, -0.2) is 4.39 Å². The maximum atomic E-state index is 13.4. The molecule has 0 fully saturated rings. The number of carbonyl (C=O) groups is 2. The predicted octanol–water partition coefficient (Wildman–Crippen LogP) is 3.62. The Morgan fingerprint density at radius 3 is 2.36 bits per heavy atom. The third-order valence-corrected chi connectivity index (χ3v) is 4.00. The van der Waals surface area contributed by atoms with E-state index in [0.29, 0.717) is 18.8 Å². The van der Waals surface area contributed by atoms with Crippen molar-refractivity contribution in [3.05, 3.63) is 66.0 Å². The molecule has 0 aliphatic heterocycles. The minimum Gasteiger partial charge on any atom is -0.339 e. The second-order valence-electron chi connectivity index (χ2n) is 5.79. The average molecular weight is 342 g/mol.